The SMILES string of the molecule is CCC[C@H](N)CN(C(=O)[C@@H]1C[C@H]1c1ccccn1)c1ccc(-c2ccc(COC)cc2)cc1. The Hall–Kier alpha value is -3.02. The summed E-state index contributed by atoms with van der Waals surface area (Å²) in [4.78, 5) is 19.9. The zero-order valence-electron chi connectivity index (χ0n) is 19.5. The molecule has 0 saturated heterocycles. The molecule has 1 aromatic heterocycles. The number of nitrogens with two attached hydrogens (primary N) is 1. The number of aromatic nitrogens is 1. The molecule has 5 heteroatoms. The average molecular weight is 444 g/mol. The smallest absolute Gasteiger partial charge is 0.230 e. The Morgan fingerprint density at radius 2 is 1.79 bits per heavy atom. The van der Waals surface area contributed by atoms with Crippen LogP contribution < -0.4 is 10.6 Å². The van der Waals surface area contributed by atoms with Crippen molar-refractivity contribution in [2.75, 3.05) is 18.6 Å². The van der Waals surface area contributed by atoms with Crippen LogP contribution in [0.3, 0.4) is 0 Å². The predicted octanol–water partition coefficient (Wildman–Crippen LogP) is 5.16. The van der Waals surface area contributed by atoms with Gasteiger partial charge in [0.15, 0.2) is 0 Å². The van der Waals surface area contributed by atoms with Crippen LogP contribution in [-0.4, -0.2) is 30.6 Å². The number of carbonyl (C=O) groups excluding carboxylic acids is 1. The lowest BCUT2D eigenvalue weighted by Crippen LogP contribution is -2.42. The highest BCUT2D eigenvalue weighted by atomic mass is 16.5. The lowest BCUT2D eigenvalue weighted by molar-refractivity contribution is -0.120. The summed E-state index contributed by atoms with van der Waals surface area (Å²) in [5, 5.41) is 0. The molecule has 5 nitrogen and oxygen atoms in total. The molecule has 0 aliphatic heterocycles. The van der Waals surface area contributed by atoms with Gasteiger partial charge in [0, 0.05) is 49.1 Å². The van der Waals surface area contributed by atoms with Crippen LogP contribution in [0.2, 0.25) is 0 Å². The summed E-state index contributed by atoms with van der Waals surface area (Å²) in [5.74, 6) is 0.323. The molecule has 1 heterocycles. The van der Waals surface area contributed by atoms with E-state index in [0.717, 1.165) is 47.3 Å². The third-order valence-electron chi connectivity index (χ3n) is 6.30. The van der Waals surface area contributed by atoms with Gasteiger partial charge in [-0.25, -0.2) is 0 Å². The van der Waals surface area contributed by atoms with Crippen molar-refractivity contribution in [3.8, 4) is 11.1 Å². The van der Waals surface area contributed by atoms with Gasteiger partial charge in [-0.05, 0) is 53.8 Å². The van der Waals surface area contributed by atoms with Crippen molar-refractivity contribution in [2.24, 2.45) is 11.7 Å². The molecule has 2 N–H and O–H groups in total. The van der Waals surface area contributed by atoms with Crippen LogP contribution in [0, 0.1) is 5.92 Å². The zero-order valence-corrected chi connectivity index (χ0v) is 19.5. The summed E-state index contributed by atoms with van der Waals surface area (Å²) in [6.07, 6.45) is 4.54. The lowest BCUT2D eigenvalue weighted by Gasteiger charge is -2.26. The Labute approximate surface area is 196 Å². The van der Waals surface area contributed by atoms with Gasteiger partial charge >= 0.3 is 0 Å². The first-order chi connectivity index (χ1) is 16.1. The summed E-state index contributed by atoms with van der Waals surface area (Å²) in [5.41, 5.74) is 11.7. The Morgan fingerprint density at radius 3 is 2.39 bits per heavy atom. The standard InChI is InChI=1S/C28H33N3O2/c1-3-6-23(29)18-31(28(32)26-17-25(26)27-7-4-5-16-30-27)24-14-12-22(13-15-24)21-10-8-20(9-11-21)19-33-2/h4-5,7-16,23,25-26H,3,6,17-19,29H2,1-2H3/t23-,25+,26+/m0/s1. The van der Waals surface area contributed by atoms with E-state index in [-0.39, 0.29) is 23.8 Å². The van der Waals surface area contributed by atoms with Crippen molar-refractivity contribution in [1.29, 1.82) is 0 Å². The molecule has 3 aromatic rings. The fraction of sp³-hybridized carbons (Fsp3) is 0.357. The Morgan fingerprint density at radius 1 is 1.09 bits per heavy atom. The van der Waals surface area contributed by atoms with E-state index >= 15 is 0 Å². The van der Waals surface area contributed by atoms with Crippen LogP contribution >= 0.6 is 0 Å². The van der Waals surface area contributed by atoms with Gasteiger partial charge in [-0.2, -0.15) is 0 Å². The van der Waals surface area contributed by atoms with E-state index in [9.17, 15) is 4.79 Å². The van der Waals surface area contributed by atoms with E-state index in [0.29, 0.717) is 13.2 Å². The minimum absolute atomic E-state index is 0.0262. The van der Waals surface area contributed by atoms with E-state index in [1.807, 2.05) is 35.2 Å². The van der Waals surface area contributed by atoms with Gasteiger partial charge in [0.25, 0.3) is 0 Å². The first-order valence-corrected chi connectivity index (χ1v) is 11.8. The second-order valence-electron chi connectivity index (χ2n) is 8.88. The summed E-state index contributed by atoms with van der Waals surface area (Å²) in [6, 6.07) is 22.5. The van der Waals surface area contributed by atoms with Crippen molar-refractivity contribution < 1.29 is 9.53 Å². The van der Waals surface area contributed by atoms with E-state index in [2.05, 4.69) is 48.3 Å². The number of pyridine rings is 1. The second-order valence-corrected chi connectivity index (χ2v) is 8.88. The molecule has 4 rings (SSSR count). The number of hydrogen-bond acceptors (Lipinski definition) is 4. The lowest BCUT2D eigenvalue weighted by atomic mass is 10.0. The molecule has 0 unspecified atom stereocenters. The van der Waals surface area contributed by atoms with Gasteiger partial charge < -0.3 is 15.4 Å². The minimum atomic E-state index is -0.0426. The van der Waals surface area contributed by atoms with Crippen LogP contribution in [0.15, 0.2) is 72.9 Å². The molecular formula is C28H33N3O2. The molecule has 1 saturated carbocycles. The maximum absolute atomic E-state index is 13.5. The van der Waals surface area contributed by atoms with E-state index in [1.165, 1.54) is 0 Å². The number of carbonyl (C=O) groups is 1. The highest BCUT2D eigenvalue weighted by Crippen LogP contribution is 2.48. The van der Waals surface area contributed by atoms with Crippen molar-refractivity contribution >= 4 is 11.6 Å². The Bertz CT molecular complexity index is 1040. The fourth-order valence-corrected chi connectivity index (χ4v) is 4.40. The van der Waals surface area contributed by atoms with Crippen molar-refractivity contribution in [1.82, 2.24) is 4.98 Å². The average Bonchev–Trinajstić information content (AvgIpc) is 3.65. The van der Waals surface area contributed by atoms with Crippen molar-refractivity contribution in [3.63, 3.8) is 0 Å². The van der Waals surface area contributed by atoms with Gasteiger partial charge in [-0.1, -0.05) is 55.8 Å². The Balaban J connectivity index is 1.52. The predicted molar refractivity (Wildman–Crippen MR) is 133 cm³/mol. The highest BCUT2D eigenvalue weighted by molar-refractivity contribution is 5.97. The summed E-state index contributed by atoms with van der Waals surface area (Å²) >= 11 is 0. The quantitative estimate of drug-likeness (QED) is 0.470. The van der Waals surface area contributed by atoms with Gasteiger partial charge in [0.2, 0.25) is 5.91 Å². The number of anilines is 1. The normalized spacial score (nSPS) is 18.0. The number of amides is 1. The van der Waals surface area contributed by atoms with Crippen LogP contribution in [0.4, 0.5) is 5.69 Å². The van der Waals surface area contributed by atoms with Gasteiger partial charge in [-0.15, -0.1) is 0 Å². The van der Waals surface area contributed by atoms with Crippen LogP contribution in [0.25, 0.3) is 11.1 Å². The van der Waals surface area contributed by atoms with E-state index < -0.39 is 0 Å². The van der Waals surface area contributed by atoms with Gasteiger partial charge in [0.05, 0.1) is 6.61 Å². The first-order valence-electron chi connectivity index (χ1n) is 11.8. The van der Waals surface area contributed by atoms with Crippen LogP contribution in [-0.2, 0) is 16.1 Å². The third-order valence-corrected chi connectivity index (χ3v) is 6.30. The first kappa shape index (κ1) is 23.1. The summed E-state index contributed by atoms with van der Waals surface area (Å²) in [7, 11) is 1.70. The van der Waals surface area contributed by atoms with Gasteiger partial charge in [0.1, 0.15) is 0 Å². The van der Waals surface area contributed by atoms with E-state index in [4.69, 9.17) is 10.5 Å². The summed E-state index contributed by atoms with van der Waals surface area (Å²) < 4.78 is 5.20. The molecule has 0 spiro atoms. The largest absolute Gasteiger partial charge is 0.380 e. The molecule has 1 aliphatic carbocycles. The molecule has 1 amide bonds. The number of hydrogen-bond donors (Lipinski definition) is 1. The fourth-order valence-electron chi connectivity index (χ4n) is 4.40. The molecule has 0 radical (unpaired) electrons. The van der Waals surface area contributed by atoms with Crippen molar-refractivity contribution in [3.05, 3.63) is 84.2 Å². The van der Waals surface area contributed by atoms with Crippen LogP contribution in [0.5, 0.6) is 0 Å². The highest BCUT2D eigenvalue weighted by Gasteiger charge is 2.47. The second kappa shape index (κ2) is 10.7. The molecule has 172 valence electrons. The number of benzene rings is 2. The molecule has 2 aromatic carbocycles. The van der Waals surface area contributed by atoms with Gasteiger partial charge in [-0.3, -0.25) is 9.78 Å². The monoisotopic (exact) mass is 443 g/mol. The molecule has 3 atom stereocenters. The topological polar surface area (TPSA) is 68.5 Å². The van der Waals surface area contributed by atoms with E-state index in [1.54, 1.807) is 13.3 Å². The third kappa shape index (κ3) is 5.67. The molecule has 1 aliphatic rings. The maximum Gasteiger partial charge on any atom is 0.230 e. The molecule has 0 bridgehead atoms. The van der Waals surface area contributed by atoms with Crippen molar-refractivity contribution in [2.45, 2.75) is 44.8 Å². The molecule has 1 fully saturated rings. The zero-order chi connectivity index (χ0) is 23.2. The Kier molecular flexibility index (Phi) is 7.53. The molecule has 33 heavy (non-hydrogen) atoms. The number of ether oxygens (including phenoxy) is 1. The number of nitrogens with zero attached hydrogens (tertiary/aromatic N) is 2. The van der Waals surface area contributed by atoms with Crippen LogP contribution in [0.1, 0.15) is 43.4 Å². The number of rotatable bonds is 10. The maximum atomic E-state index is 13.5. The number of methoxy groups -OCH3 is 1. The minimum Gasteiger partial charge on any atom is -0.380 e. The summed E-state index contributed by atoms with van der Waals surface area (Å²) in [6.45, 7) is 3.26. The molecular weight excluding hydrogens is 410 g/mol.